The molecule has 4 aromatic rings. The number of nitrogens with zero attached hydrogens (tertiary/aromatic N) is 3. The van der Waals surface area contributed by atoms with Gasteiger partial charge in [0.15, 0.2) is 11.5 Å². The molecular weight excluding hydrogens is 376 g/mol. The number of pyridine rings is 2. The molecule has 5 rings (SSSR count). The molecule has 1 aliphatic rings. The lowest BCUT2D eigenvalue weighted by Crippen LogP contribution is -2.21. The van der Waals surface area contributed by atoms with E-state index >= 15 is 0 Å². The number of hydrogen-bond donors (Lipinski definition) is 1. The second-order valence-electron chi connectivity index (χ2n) is 7.77. The SMILES string of the molecule is COc1cc2c(cc1OCCCN1CCCC1)[nH]c1cncc(-c3ccncc3)c12. The quantitative estimate of drug-likeness (QED) is 0.456. The van der Waals surface area contributed by atoms with E-state index in [0.29, 0.717) is 6.61 Å². The molecule has 0 radical (unpaired) electrons. The summed E-state index contributed by atoms with van der Waals surface area (Å²) in [6, 6.07) is 8.11. The Morgan fingerprint density at radius 3 is 2.63 bits per heavy atom. The number of ether oxygens (including phenoxy) is 2. The average Bonchev–Trinajstić information content (AvgIpc) is 3.43. The highest BCUT2D eigenvalue weighted by molar-refractivity contribution is 6.14. The average molecular weight is 402 g/mol. The van der Waals surface area contributed by atoms with Crippen LogP contribution in [0.15, 0.2) is 49.1 Å². The Bertz CT molecular complexity index is 1150. The van der Waals surface area contributed by atoms with Gasteiger partial charge in [-0.25, -0.2) is 0 Å². The highest BCUT2D eigenvalue weighted by Gasteiger charge is 2.16. The summed E-state index contributed by atoms with van der Waals surface area (Å²) in [4.78, 5) is 14.6. The highest BCUT2D eigenvalue weighted by Crippen LogP contribution is 2.39. The zero-order chi connectivity index (χ0) is 20.3. The monoisotopic (exact) mass is 402 g/mol. The van der Waals surface area contributed by atoms with Gasteiger partial charge in [0.2, 0.25) is 0 Å². The summed E-state index contributed by atoms with van der Waals surface area (Å²) < 4.78 is 11.8. The molecule has 6 nitrogen and oxygen atoms in total. The molecule has 1 fully saturated rings. The first kappa shape index (κ1) is 18.9. The first-order chi connectivity index (χ1) is 14.8. The van der Waals surface area contributed by atoms with Crippen LogP contribution in [0.1, 0.15) is 19.3 Å². The summed E-state index contributed by atoms with van der Waals surface area (Å²) in [6.45, 7) is 4.22. The lowest BCUT2D eigenvalue weighted by molar-refractivity contribution is 0.254. The number of likely N-dealkylation sites (tertiary alicyclic amines) is 1. The molecule has 0 bridgehead atoms. The van der Waals surface area contributed by atoms with Crippen molar-refractivity contribution in [2.24, 2.45) is 0 Å². The fourth-order valence-corrected chi connectivity index (χ4v) is 4.36. The van der Waals surface area contributed by atoms with Crippen LogP contribution in [-0.2, 0) is 0 Å². The van der Waals surface area contributed by atoms with Crippen molar-refractivity contribution in [3.63, 3.8) is 0 Å². The van der Waals surface area contributed by atoms with Crippen LogP contribution in [-0.4, -0.2) is 53.2 Å². The van der Waals surface area contributed by atoms with Gasteiger partial charge >= 0.3 is 0 Å². The topological polar surface area (TPSA) is 63.3 Å². The number of aromatic amines is 1. The van der Waals surface area contributed by atoms with Crippen LogP contribution in [0.5, 0.6) is 11.5 Å². The van der Waals surface area contributed by atoms with Crippen LogP contribution in [0.3, 0.4) is 0 Å². The molecule has 3 aromatic heterocycles. The first-order valence-electron chi connectivity index (χ1n) is 10.6. The summed E-state index contributed by atoms with van der Waals surface area (Å²) in [5, 5.41) is 2.23. The maximum Gasteiger partial charge on any atom is 0.163 e. The fourth-order valence-electron chi connectivity index (χ4n) is 4.36. The molecule has 0 saturated carbocycles. The molecule has 154 valence electrons. The Labute approximate surface area is 175 Å². The Balaban J connectivity index is 1.46. The number of fused-ring (bicyclic) bond motifs is 3. The lowest BCUT2D eigenvalue weighted by atomic mass is 10.0. The molecule has 0 unspecified atom stereocenters. The maximum absolute atomic E-state index is 6.11. The van der Waals surface area contributed by atoms with Crippen molar-refractivity contribution in [1.29, 1.82) is 0 Å². The minimum absolute atomic E-state index is 0.683. The van der Waals surface area contributed by atoms with E-state index in [1.807, 2.05) is 30.6 Å². The minimum Gasteiger partial charge on any atom is -0.493 e. The predicted molar refractivity (Wildman–Crippen MR) is 119 cm³/mol. The van der Waals surface area contributed by atoms with Crippen molar-refractivity contribution in [2.75, 3.05) is 33.4 Å². The number of nitrogens with one attached hydrogen (secondary N) is 1. The largest absolute Gasteiger partial charge is 0.493 e. The summed E-state index contributed by atoms with van der Waals surface area (Å²) in [5.41, 5.74) is 4.17. The van der Waals surface area contributed by atoms with Crippen LogP contribution in [0, 0.1) is 0 Å². The van der Waals surface area contributed by atoms with E-state index in [-0.39, 0.29) is 0 Å². The Hall–Kier alpha value is -3.12. The maximum atomic E-state index is 6.11. The first-order valence-corrected chi connectivity index (χ1v) is 10.6. The number of benzene rings is 1. The molecule has 6 heteroatoms. The molecule has 4 heterocycles. The molecule has 1 saturated heterocycles. The minimum atomic E-state index is 0.683. The van der Waals surface area contributed by atoms with Gasteiger partial charge in [-0.05, 0) is 56.1 Å². The highest BCUT2D eigenvalue weighted by atomic mass is 16.5. The van der Waals surface area contributed by atoms with Crippen LogP contribution < -0.4 is 9.47 Å². The third kappa shape index (κ3) is 3.59. The number of methoxy groups -OCH3 is 1. The van der Waals surface area contributed by atoms with Crippen molar-refractivity contribution in [3.05, 3.63) is 49.1 Å². The summed E-state index contributed by atoms with van der Waals surface area (Å²) in [6.07, 6.45) is 11.0. The fraction of sp³-hybridized carbons (Fsp3) is 0.333. The van der Waals surface area contributed by atoms with E-state index in [1.165, 1.54) is 25.9 Å². The van der Waals surface area contributed by atoms with Crippen LogP contribution in [0.25, 0.3) is 32.9 Å². The molecule has 0 atom stereocenters. The molecule has 1 aliphatic heterocycles. The Kier molecular flexibility index (Phi) is 5.24. The van der Waals surface area contributed by atoms with E-state index in [9.17, 15) is 0 Å². The summed E-state index contributed by atoms with van der Waals surface area (Å²) in [5.74, 6) is 1.53. The van der Waals surface area contributed by atoms with Crippen molar-refractivity contribution >= 4 is 21.8 Å². The number of rotatable bonds is 7. The number of H-pyrrole nitrogens is 1. The second kappa shape index (κ2) is 8.32. The van der Waals surface area contributed by atoms with Crippen LogP contribution in [0.4, 0.5) is 0 Å². The van der Waals surface area contributed by atoms with Crippen molar-refractivity contribution in [3.8, 4) is 22.6 Å². The predicted octanol–water partition coefficient (Wildman–Crippen LogP) is 4.65. The van der Waals surface area contributed by atoms with Gasteiger partial charge < -0.3 is 19.4 Å². The van der Waals surface area contributed by atoms with Crippen molar-refractivity contribution in [1.82, 2.24) is 19.9 Å². The molecule has 30 heavy (non-hydrogen) atoms. The Morgan fingerprint density at radius 2 is 1.83 bits per heavy atom. The smallest absolute Gasteiger partial charge is 0.163 e. The number of hydrogen-bond acceptors (Lipinski definition) is 5. The zero-order valence-electron chi connectivity index (χ0n) is 17.2. The molecule has 0 amide bonds. The Morgan fingerprint density at radius 1 is 1.00 bits per heavy atom. The molecule has 0 spiro atoms. The summed E-state index contributed by atoms with van der Waals surface area (Å²) >= 11 is 0. The van der Waals surface area contributed by atoms with Gasteiger partial charge in [0.25, 0.3) is 0 Å². The van der Waals surface area contributed by atoms with Gasteiger partial charge in [0, 0.05) is 47.5 Å². The van der Waals surface area contributed by atoms with E-state index in [1.54, 1.807) is 19.5 Å². The number of aromatic nitrogens is 3. The third-order valence-electron chi connectivity index (χ3n) is 5.85. The van der Waals surface area contributed by atoms with Gasteiger partial charge in [-0.2, -0.15) is 0 Å². The van der Waals surface area contributed by atoms with Crippen LogP contribution >= 0.6 is 0 Å². The van der Waals surface area contributed by atoms with E-state index < -0.39 is 0 Å². The molecule has 1 aromatic carbocycles. The molecular formula is C24H26N4O2. The van der Waals surface area contributed by atoms with Gasteiger partial charge in [-0.15, -0.1) is 0 Å². The van der Waals surface area contributed by atoms with Gasteiger partial charge in [0.1, 0.15) is 0 Å². The van der Waals surface area contributed by atoms with Crippen molar-refractivity contribution < 1.29 is 9.47 Å². The van der Waals surface area contributed by atoms with Gasteiger partial charge in [-0.1, -0.05) is 0 Å². The lowest BCUT2D eigenvalue weighted by Gasteiger charge is -2.15. The third-order valence-corrected chi connectivity index (χ3v) is 5.85. The van der Waals surface area contributed by atoms with Gasteiger partial charge in [-0.3, -0.25) is 9.97 Å². The van der Waals surface area contributed by atoms with Crippen molar-refractivity contribution in [2.45, 2.75) is 19.3 Å². The molecule has 0 aliphatic carbocycles. The summed E-state index contributed by atoms with van der Waals surface area (Å²) in [7, 11) is 1.69. The van der Waals surface area contributed by atoms with Gasteiger partial charge in [0.05, 0.1) is 30.9 Å². The second-order valence-corrected chi connectivity index (χ2v) is 7.77. The van der Waals surface area contributed by atoms with E-state index in [2.05, 4.69) is 25.9 Å². The standard InChI is InChI=1S/C24H26N4O2/c1-29-22-13-18-20(14-23(22)30-12-4-11-28-9-2-3-10-28)27-21-16-26-15-19(24(18)21)17-5-7-25-8-6-17/h5-8,13-16,27H,2-4,9-12H2,1H3. The zero-order valence-corrected chi connectivity index (χ0v) is 17.2. The van der Waals surface area contributed by atoms with Crippen LogP contribution in [0.2, 0.25) is 0 Å². The van der Waals surface area contributed by atoms with E-state index in [0.717, 1.165) is 57.4 Å². The normalized spacial score (nSPS) is 14.6. The molecule has 1 N–H and O–H groups in total. The van der Waals surface area contributed by atoms with E-state index in [4.69, 9.17) is 9.47 Å².